The number of anilines is 3. The zero-order valence-electron chi connectivity index (χ0n) is 14.8. The lowest BCUT2D eigenvalue weighted by molar-refractivity contribution is 0.106. The van der Waals surface area contributed by atoms with Crippen LogP contribution in [0.4, 0.5) is 17.5 Å². The summed E-state index contributed by atoms with van der Waals surface area (Å²) >= 11 is 12.6. The molecule has 1 aromatic carbocycles. The number of halogens is 3. The summed E-state index contributed by atoms with van der Waals surface area (Å²) in [5.41, 5.74) is 0.446. The molecule has 0 amide bonds. The highest BCUT2D eigenvalue weighted by Crippen LogP contribution is 2.33. The van der Waals surface area contributed by atoms with E-state index >= 15 is 0 Å². The number of primary sulfonamides is 1. The van der Waals surface area contributed by atoms with E-state index in [9.17, 15) is 13.5 Å². The topological polar surface area (TPSA) is 139 Å². The summed E-state index contributed by atoms with van der Waals surface area (Å²) in [4.78, 5) is 8.30. The molecule has 2 rings (SSSR count). The van der Waals surface area contributed by atoms with Crippen LogP contribution < -0.4 is 15.8 Å². The molecule has 0 spiro atoms. The molecule has 1 aromatic heterocycles. The third kappa shape index (κ3) is 5.99. The largest absolute Gasteiger partial charge is 0.391 e. The van der Waals surface area contributed by atoms with E-state index in [0.717, 1.165) is 0 Å². The van der Waals surface area contributed by atoms with Gasteiger partial charge >= 0.3 is 0 Å². The fourth-order valence-electron chi connectivity index (χ4n) is 2.22. The van der Waals surface area contributed by atoms with Crippen LogP contribution in [0.3, 0.4) is 0 Å². The molecule has 5 N–H and O–H groups in total. The number of nitrogens with two attached hydrogens (primary N) is 1. The molecule has 13 heteroatoms. The molecule has 0 saturated heterocycles. The van der Waals surface area contributed by atoms with Crippen LogP contribution in [0.2, 0.25) is 5.02 Å². The molecule has 1 heterocycles. The summed E-state index contributed by atoms with van der Waals surface area (Å²) in [6.07, 6.45) is 0.845. The normalized spacial score (nSPS) is 13.8. The lowest BCUT2D eigenvalue weighted by Crippen LogP contribution is -2.36. The van der Waals surface area contributed by atoms with Crippen LogP contribution in [0, 0.1) is 0 Å². The molecule has 28 heavy (non-hydrogen) atoms. The quantitative estimate of drug-likeness (QED) is 0.387. The Hall–Kier alpha value is -1.02. The summed E-state index contributed by atoms with van der Waals surface area (Å²) in [5, 5.41) is 21.0. The maximum atomic E-state index is 11.6. The molecular weight excluding hydrogens is 542 g/mol. The van der Waals surface area contributed by atoms with Gasteiger partial charge in [0.25, 0.3) is 0 Å². The second-order valence-corrected chi connectivity index (χ2v) is 9.39. The summed E-state index contributed by atoms with van der Waals surface area (Å²) in [6.45, 7) is 1.91. The van der Waals surface area contributed by atoms with Crippen molar-refractivity contribution < 1.29 is 18.3 Å². The number of methoxy groups -OCH3 is 1. The molecule has 0 aliphatic rings. The maximum Gasteiger partial charge on any atom is 0.240 e. The first-order valence-corrected chi connectivity index (χ1v) is 11.3. The minimum Gasteiger partial charge on any atom is -0.391 e. The van der Waals surface area contributed by atoms with E-state index < -0.39 is 16.1 Å². The Bertz CT molecular complexity index is 938. The van der Waals surface area contributed by atoms with Gasteiger partial charge in [-0.15, -0.1) is 0 Å². The third-order valence-corrected chi connectivity index (χ3v) is 6.42. The van der Waals surface area contributed by atoms with Gasteiger partial charge in [0.15, 0.2) is 0 Å². The molecule has 0 radical (unpaired) electrons. The predicted molar refractivity (Wildman–Crippen MR) is 115 cm³/mol. The van der Waals surface area contributed by atoms with Crippen molar-refractivity contribution in [1.29, 1.82) is 0 Å². The van der Waals surface area contributed by atoms with E-state index in [4.69, 9.17) is 21.5 Å². The molecule has 2 atom stereocenters. The average molecular weight is 560 g/mol. The van der Waals surface area contributed by atoms with Crippen molar-refractivity contribution in [1.82, 2.24) is 9.97 Å². The SMILES string of the molecule is COC[C@@H](Nc1nc(Nc2cc(Cl)c(S(N)(=O)=O)c(Br)c2)ncc1Br)[C@@H](C)O. The van der Waals surface area contributed by atoms with Gasteiger partial charge in [0.1, 0.15) is 10.7 Å². The first kappa shape index (κ1) is 23.3. The van der Waals surface area contributed by atoms with Gasteiger partial charge in [0, 0.05) is 23.5 Å². The number of rotatable bonds is 8. The van der Waals surface area contributed by atoms with Gasteiger partial charge < -0.3 is 20.5 Å². The van der Waals surface area contributed by atoms with E-state index in [-0.39, 0.29) is 33.0 Å². The van der Waals surface area contributed by atoms with Crippen molar-refractivity contribution in [2.24, 2.45) is 5.14 Å². The van der Waals surface area contributed by atoms with E-state index in [2.05, 4.69) is 52.5 Å². The Balaban J connectivity index is 2.31. The van der Waals surface area contributed by atoms with E-state index in [0.29, 0.717) is 16.0 Å². The fraction of sp³-hybridized carbons (Fsp3) is 0.333. The predicted octanol–water partition coefficient (Wildman–Crippen LogP) is 2.85. The van der Waals surface area contributed by atoms with Crippen LogP contribution in [0.5, 0.6) is 0 Å². The average Bonchev–Trinajstić information content (AvgIpc) is 2.55. The van der Waals surface area contributed by atoms with Gasteiger partial charge in [-0.2, -0.15) is 4.98 Å². The zero-order chi connectivity index (χ0) is 21.1. The monoisotopic (exact) mass is 557 g/mol. The van der Waals surface area contributed by atoms with Gasteiger partial charge in [-0.3, -0.25) is 0 Å². The number of nitrogens with zero attached hydrogens (tertiary/aromatic N) is 2. The van der Waals surface area contributed by atoms with Gasteiger partial charge in [0.05, 0.1) is 28.2 Å². The van der Waals surface area contributed by atoms with Crippen LogP contribution in [0.15, 0.2) is 32.2 Å². The fourth-order valence-corrected chi connectivity index (χ4v) is 4.98. The highest BCUT2D eigenvalue weighted by molar-refractivity contribution is 9.10. The minimum absolute atomic E-state index is 0.0518. The number of sulfonamides is 1. The third-order valence-electron chi connectivity index (χ3n) is 3.53. The standard InChI is InChI=1S/C15H18Br2ClN5O4S/c1-7(24)12(6-27-2)22-14-10(17)5-20-15(23-14)21-8-3-9(16)13(11(18)4-8)28(19,25)26/h3-5,7,12,24H,6H2,1-2H3,(H2,19,25,26)(H2,20,21,22,23)/t7-,12-/m1/s1. The molecule has 0 saturated carbocycles. The molecule has 0 aliphatic heterocycles. The number of nitrogens with one attached hydrogen (secondary N) is 2. The Kier molecular flexibility index (Phi) is 8.02. The minimum atomic E-state index is -3.98. The van der Waals surface area contributed by atoms with Gasteiger partial charge in [-0.1, -0.05) is 11.6 Å². The van der Waals surface area contributed by atoms with Crippen molar-refractivity contribution >= 4 is 70.9 Å². The highest BCUT2D eigenvalue weighted by atomic mass is 79.9. The van der Waals surface area contributed by atoms with E-state index in [1.807, 2.05) is 0 Å². The molecule has 9 nitrogen and oxygen atoms in total. The molecule has 0 bridgehead atoms. The molecule has 0 unspecified atom stereocenters. The first-order chi connectivity index (χ1) is 13.0. The molecule has 0 aliphatic carbocycles. The number of hydrogen-bond donors (Lipinski definition) is 4. The smallest absolute Gasteiger partial charge is 0.240 e. The number of ether oxygens (including phenoxy) is 1. The molecule has 154 valence electrons. The Morgan fingerprint density at radius 3 is 2.57 bits per heavy atom. The number of aliphatic hydroxyl groups excluding tert-OH is 1. The Morgan fingerprint density at radius 1 is 1.36 bits per heavy atom. The maximum absolute atomic E-state index is 11.6. The second-order valence-electron chi connectivity index (χ2n) is 5.78. The van der Waals surface area contributed by atoms with E-state index in [1.54, 1.807) is 6.92 Å². The Morgan fingerprint density at radius 2 is 2.04 bits per heavy atom. The summed E-state index contributed by atoms with van der Waals surface area (Å²) in [6, 6.07) is 2.50. The zero-order valence-corrected chi connectivity index (χ0v) is 19.5. The summed E-state index contributed by atoms with van der Waals surface area (Å²) in [7, 11) is -2.45. The number of aromatic nitrogens is 2. The number of benzene rings is 1. The van der Waals surface area contributed by atoms with Crippen LogP contribution >= 0.6 is 43.5 Å². The Labute approximate surface area is 184 Å². The molecule has 2 aromatic rings. The van der Waals surface area contributed by atoms with Crippen LogP contribution in [-0.2, 0) is 14.8 Å². The van der Waals surface area contributed by atoms with Crippen molar-refractivity contribution in [2.45, 2.75) is 24.0 Å². The van der Waals surface area contributed by atoms with Crippen molar-refractivity contribution in [3.8, 4) is 0 Å². The van der Waals surface area contributed by atoms with Gasteiger partial charge in [-0.25, -0.2) is 18.5 Å². The van der Waals surface area contributed by atoms with Gasteiger partial charge in [-0.05, 0) is 50.9 Å². The molecular formula is C15H18Br2ClN5O4S. The molecule has 0 fully saturated rings. The van der Waals surface area contributed by atoms with Crippen LogP contribution in [0.1, 0.15) is 6.92 Å². The van der Waals surface area contributed by atoms with E-state index in [1.165, 1.54) is 25.4 Å². The van der Waals surface area contributed by atoms with Gasteiger partial charge in [0.2, 0.25) is 16.0 Å². The van der Waals surface area contributed by atoms with Crippen LogP contribution in [-0.4, -0.2) is 49.4 Å². The highest BCUT2D eigenvalue weighted by Gasteiger charge is 2.20. The lowest BCUT2D eigenvalue weighted by Gasteiger charge is -2.22. The van der Waals surface area contributed by atoms with Crippen LogP contribution in [0.25, 0.3) is 0 Å². The second kappa shape index (κ2) is 9.65. The van der Waals surface area contributed by atoms with Crippen molar-refractivity contribution in [2.75, 3.05) is 24.4 Å². The van der Waals surface area contributed by atoms with Crippen molar-refractivity contribution in [3.63, 3.8) is 0 Å². The lowest BCUT2D eigenvalue weighted by atomic mass is 10.2. The number of hydrogen-bond acceptors (Lipinski definition) is 8. The summed E-state index contributed by atoms with van der Waals surface area (Å²) in [5.74, 6) is 0.658. The first-order valence-electron chi connectivity index (χ1n) is 7.78. The number of aliphatic hydroxyl groups is 1. The summed E-state index contributed by atoms with van der Waals surface area (Å²) < 4.78 is 29.1. The van der Waals surface area contributed by atoms with Crippen molar-refractivity contribution in [3.05, 3.63) is 32.3 Å².